The quantitative estimate of drug-likeness (QED) is 0.516. The summed E-state index contributed by atoms with van der Waals surface area (Å²) in [6, 6.07) is 16.6. The molecule has 0 saturated carbocycles. The van der Waals surface area contributed by atoms with Crippen LogP contribution in [0.15, 0.2) is 70.5 Å². The summed E-state index contributed by atoms with van der Waals surface area (Å²) >= 11 is 1.42. The zero-order chi connectivity index (χ0) is 22.9. The molecule has 0 bridgehead atoms. The summed E-state index contributed by atoms with van der Waals surface area (Å²) in [5.41, 5.74) is 3.67. The van der Waals surface area contributed by atoms with Crippen molar-refractivity contribution in [1.82, 2.24) is 0 Å². The Morgan fingerprint density at radius 3 is 2.38 bits per heavy atom. The normalized spacial score (nSPS) is 13.1. The van der Waals surface area contributed by atoms with Crippen molar-refractivity contribution in [3.05, 3.63) is 77.4 Å². The Morgan fingerprint density at radius 1 is 1.00 bits per heavy atom. The van der Waals surface area contributed by atoms with Crippen LogP contribution in [0.4, 0.5) is 17.1 Å². The maximum atomic E-state index is 12.8. The highest BCUT2D eigenvalue weighted by Gasteiger charge is 2.19. The molecular weight excluding hydrogens is 446 g/mol. The topological polar surface area (TPSA) is 104 Å². The van der Waals surface area contributed by atoms with Gasteiger partial charge >= 0.3 is 0 Å². The van der Waals surface area contributed by atoms with E-state index in [-0.39, 0.29) is 16.7 Å². The van der Waals surface area contributed by atoms with Crippen molar-refractivity contribution in [2.75, 3.05) is 21.1 Å². The van der Waals surface area contributed by atoms with Gasteiger partial charge in [0.1, 0.15) is 0 Å². The SMILES string of the molecule is Cc1cccc(C)c1NS(=O)(=O)c1ccc(NC(=O)c2ccc3c(c2)NC(=O)CS3)cc1. The molecule has 0 atom stereocenters. The molecule has 0 unspecified atom stereocenters. The second-order valence-corrected chi connectivity index (χ2v) is 10.1. The van der Waals surface area contributed by atoms with Crippen molar-refractivity contribution in [3.8, 4) is 0 Å². The summed E-state index contributed by atoms with van der Waals surface area (Å²) in [4.78, 5) is 25.2. The summed E-state index contributed by atoms with van der Waals surface area (Å²) in [6.07, 6.45) is 0. The van der Waals surface area contributed by atoms with E-state index in [1.165, 1.54) is 36.0 Å². The summed E-state index contributed by atoms with van der Waals surface area (Å²) in [5.74, 6) is -0.111. The van der Waals surface area contributed by atoms with Crippen molar-refractivity contribution in [2.45, 2.75) is 23.6 Å². The Kier molecular flexibility index (Phi) is 5.94. The van der Waals surface area contributed by atoms with Crippen molar-refractivity contribution in [3.63, 3.8) is 0 Å². The van der Waals surface area contributed by atoms with Crippen LogP contribution in [0, 0.1) is 13.8 Å². The van der Waals surface area contributed by atoms with Crippen LogP contribution in [-0.4, -0.2) is 26.0 Å². The number of amides is 2. The van der Waals surface area contributed by atoms with Gasteiger partial charge in [0.15, 0.2) is 0 Å². The number of anilines is 3. The van der Waals surface area contributed by atoms with Gasteiger partial charge in [-0.25, -0.2) is 8.42 Å². The van der Waals surface area contributed by atoms with Crippen molar-refractivity contribution >= 4 is 50.7 Å². The number of benzene rings is 3. The van der Waals surface area contributed by atoms with Crippen LogP contribution >= 0.6 is 11.8 Å². The smallest absolute Gasteiger partial charge is 0.261 e. The lowest BCUT2D eigenvalue weighted by Gasteiger charge is -2.17. The molecule has 4 rings (SSSR count). The number of hydrogen-bond donors (Lipinski definition) is 3. The summed E-state index contributed by atoms with van der Waals surface area (Å²) in [5, 5.41) is 5.51. The third kappa shape index (κ3) is 4.63. The van der Waals surface area contributed by atoms with E-state index < -0.39 is 10.0 Å². The van der Waals surface area contributed by atoms with Crippen LogP contribution < -0.4 is 15.4 Å². The second-order valence-electron chi connectivity index (χ2n) is 7.40. The number of para-hydroxylation sites is 1. The third-order valence-corrected chi connectivity index (χ3v) is 7.45. The molecule has 1 aliphatic rings. The maximum absolute atomic E-state index is 12.8. The summed E-state index contributed by atoms with van der Waals surface area (Å²) < 4.78 is 28.2. The van der Waals surface area contributed by atoms with Gasteiger partial charge in [-0.3, -0.25) is 14.3 Å². The molecule has 32 heavy (non-hydrogen) atoms. The Balaban J connectivity index is 1.48. The molecule has 9 heteroatoms. The lowest BCUT2D eigenvalue weighted by molar-refractivity contribution is -0.113. The van der Waals surface area contributed by atoms with E-state index in [1.54, 1.807) is 18.2 Å². The number of carbonyl (C=O) groups excluding carboxylic acids is 2. The molecule has 0 saturated heterocycles. The fraction of sp³-hybridized carbons (Fsp3) is 0.130. The van der Waals surface area contributed by atoms with Gasteiger partial charge in [-0.2, -0.15) is 0 Å². The molecule has 7 nitrogen and oxygen atoms in total. The number of sulfonamides is 1. The van der Waals surface area contributed by atoms with Crippen LogP contribution in [0.1, 0.15) is 21.5 Å². The molecule has 0 radical (unpaired) electrons. The molecule has 2 amide bonds. The largest absolute Gasteiger partial charge is 0.324 e. The van der Waals surface area contributed by atoms with Crippen LogP contribution in [0.3, 0.4) is 0 Å². The predicted octanol–water partition coefficient (Wildman–Crippen LogP) is 4.40. The first kappa shape index (κ1) is 21.9. The Bertz CT molecular complexity index is 1300. The molecule has 0 aromatic heterocycles. The minimum absolute atomic E-state index is 0.0895. The first-order chi connectivity index (χ1) is 15.2. The van der Waals surface area contributed by atoms with Crippen molar-refractivity contribution < 1.29 is 18.0 Å². The molecule has 3 aromatic carbocycles. The fourth-order valence-electron chi connectivity index (χ4n) is 3.31. The summed E-state index contributed by atoms with van der Waals surface area (Å²) in [7, 11) is -3.78. The van der Waals surface area contributed by atoms with Gasteiger partial charge in [-0.15, -0.1) is 11.8 Å². The van der Waals surface area contributed by atoms with Gasteiger partial charge in [0.25, 0.3) is 15.9 Å². The van der Waals surface area contributed by atoms with Crippen LogP contribution in [0.2, 0.25) is 0 Å². The third-order valence-electron chi connectivity index (χ3n) is 5.01. The molecule has 0 aliphatic carbocycles. The highest BCUT2D eigenvalue weighted by molar-refractivity contribution is 8.00. The van der Waals surface area contributed by atoms with E-state index in [0.29, 0.717) is 28.4 Å². The van der Waals surface area contributed by atoms with Gasteiger partial charge in [0.2, 0.25) is 5.91 Å². The highest BCUT2D eigenvalue weighted by Crippen LogP contribution is 2.32. The standard InChI is InChI=1S/C23H21N3O4S2/c1-14-4-3-5-15(2)22(14)26-32(29,30)18-9-7-17(8-10-18)24-23(28)16-6-11-20-19(12-16)25-21(27)13-31-20/h3-12,26H,13H2,1-2H3,(H,24,28)(H,25,27). The van der Waals surface area contributed by atoms with Gasteiger partial charge < -0.3 is 10.6 Å². The van der Waals surface area contributed by atoms with Crippen LogP contribution in [-0.2, 0) is 14.8 Å². The average Bonchev–Trinajstić information content (AvgIpc) is 2.76. The van der Waals surface area contributed by atoms with Gasteiger partial charge in [-0.1, -0.05) is 18.2 Å². The van der Waals surface area contributed by atoms with E-state index >= 15 is 0 Å². The molecule has 0 spiro atoms. The number of fused-ring (bicyclic) bond motifs is 1. The number of aryl methyl sites for hydroxylation is 2. The first-order valence-corrected chi connectivity index (χ1v) is 12.3. The van der Waals surface area contributed by atoms with E-state index in [1.807, 2.05) is 32.0 Å². The minimum atomic E-state index is -3.78. The van der Waals surface area contributed by atoms with E-state index in [9.17, 15) is 18.0 Å². The number of thioether (sulfide) groups is 1. The van der Waals surface area contributed by atoms with Crippen molar-refractivity contribution in [2.24, 2.45) is 0 Å². The predicted molar refractivity (Wildman–Crippen MR) is 127 cm³/mol. The molecular formula is C23H21N3O4S2. The monoisotopic (exact) mass is 467 g/mol. The van der Waals surface area contributed by atoms with E-state index in [0.717, 1.165) is 16.0 Å². The lowest BCUT2D eigenvalue weighted by atomic mass is 10.1. The Hall–Kier alpha value is -3.30. The van der Waals surface area contributed by atoms with Gasteiger partial charge in [0.05, 0.1) is 22.0 Å². The number of hydrogen-bond acceptors (Lipinski definition) is 5. The Morgan fingerprint density at radius 2 is 1.69 bits per heavy atom. The Labute approximate surface area is 190 Å². The highest BCUT2D eigenvalue weighted by atomic mass is 32.2. The molecule has 1 aliphatic heterocycles. The van der Waals surface area contributed by atoms with Crippen LogP contribution in [0.5, 0.6) is 0 Å². The van der Waals surface area contributed by atoms with Gasteiger partial charge in [-0.05, 0) is 67.4 Å². The van der Waals surface area contributed by atoms with Crippen LogP contribution in [0.25, 0.3) is 0 Å². The van der Waals surface area contributed by atoms with E-state index in [4.69, 9.17) is 0 Å². The zero-order valence-corrected chi connectivity index (χ0v) is 19.1. The number of nitrogens with one attached hydrogen (secondary N) is 3. The maximum Gasteiger partial charge on any atom is 0.261 e. The molecule has 1 heterocycles. The number of rotatable bonds is 5. The van der Waals surface area contributed by atoms with E-state index in [2.05, 4.69) is 15.4 Å². The summed E-state index contributed by atoms with van der Waals surface area (Å²) in [6.45, 7) is 3.68. The second kappa shape index (κ2) is 8.68. The molecule has 3 aromatic rings. The average molecular weight is 468 g/mol. The first-order valence-electron chi connectivity index (χ1n) is 9.80. The zero-order valence-electron chi connectivity index (χ0n) is 17.4. The minimum Gasteiger partial charge on any atom is -0.324 e. The van der Waals surface area contributed by atoms with Crippen molar-refractivity contribution in [1.29, 1.82) is 0 Å². The van der Waals surface area contributed by atoms with Gasteiger partial charge in [0, 0.05) is 16.1 Å². The molecule has 3 N–H and O–H groups in total. The number of carbonyl (C=O) groups is 2. The lowest BCUT2D eigenvalue weighted by Crippen LogP contribution is -2.20. The fourth-order valence-corrected chi connectivity index (χ4v) is 5.31. The molecule has 0 fully saturated rings. The molecule has 164 valence electrons.